The summed E-state index contributed by atoms with van der Waals surface area (Å²) in [6.45, 7) is 5.17. The van der Waals surface area contributed by atoms with Crippen molar-refractivity contribution < 1.29 is 19.2 Å². The first-order valence-electron chi connectivity index (χ1n) is 7.30. The number of halogens is 1. The van der Waals surface area contributed by atoms with E-state index < -0.39 is 12.9 Å². The molecular formula is C15H24BFO3. The molecule has 1 unspecified atom stereocenters. The monoisotopic (exact) mass is 282 g/mol. The zero-order valence-corrected chi connectivity index (χ0v) is 12.3. The Morgan fingerprint density at radius 3 is 2.60 bits per heavy atom. The highest BCUT2D eigenvalue weighted by Gasteiger charge is 2.14. The van der Waals surface area contributed by atoms with Crippen molar-refractivity contribution in [2.75, 3.05) is 6.61 Å². The Hall–Kier alpha value is -0.905. The molecule has 5 heteroatoms. The van der Waals surface area contributed by atoms with E-state index in [0.29, 0.717) is 18.1 Å². The van der Waals surface area contributed by atoms with Crippen molar-refractivity contribution in [1.29, 1.82) is 0 Å². The summed E-state index contributed by atoms with van der Waals surface area (Å²) >= 11 is 0. The predicted molar refractivity (Wildman–Crippen MR) is 79.2 cm³/mol. The molecule has 20 heavy (non-hydrogen) atoms. The summed E-state index contributed by atoms with van der Waals surface area (Å²) in [5, 5.41) is 17.9. The van der Waals surface area contributed by atoms with Gasteiger partial charge in [-0.25, -0.2) is 4.39 Å². The summed E-state index contributed by atoms with van der Waals surface area (Å²) in [5.74, 6) is 0.0637. The Kier molecular flexibility index (Phi) is 7.81. The summed E-state index contributed by atoms with van der Waals surface area (Å²) < 4.78 is 19.3. The van der Waals surface area contributed by atoms with Gasteiger partial charge >= 0.3 is 7.12 Å². The number of ether oxygens (including phenoxy) is 1. The number of hydrogen-bond donors (Lipinski definition) is 2. The molecule has 0 saturated heterocycles. The van der Waals surface area contributed by atoms with Gasteiger partial charge in [-0.1, -0.05) is 45.2 Å². The van der Waals surface area contributed by atoms with E-state index >= 15 is 0 Å². The van der Waals surface area contributed by atoms with Crippen LogP contribution in [0.25, 0.3) is 0 Å². The van der Waals surface area contributed by atoms with Crippen molar-refractivity contribution in [2.45, 2.75) is 46.1 Å². The molecule has 0 aromatic heterocycles. The van der Waals surface area contributed by atoms with Crippen LogP contribution in [-0.4, -0.2) is 23.8 Å². The minimum Gasteiger partial charge on any atom is -0.423 e. The lowest BCUT2D eigenvalue weighted by atomic mass is 9.80. The van der Waals surface area contributed by atoms with E-state index in [1.807, 2.05) is 0 Å². The predicted octanol–water partition coefficient (Wildman–Crippen LogP) is 2.24. The summed E-state index contributed by atoms with van der Waals surface area (Å²) in [4.78, 5) is 0. The largest absolute Gasteiger partial charge is 0.488 e. The fraction of sp³-hybridized carbons (Fsp3) is 0.600. The zero-order valence-electron chi connectivity index (χ0n) is 12.3. The molecule has 0 radical (unpaired) electrons. The van der Waals surface area contributed by atoms with Crippen LogP contribution in [0.1, 0.15) is 45.1 Å². The Morgan fingerprint density at radius 2 is 2.05 bits per heavy atom. The first kappa shape index (κ1) is 17.1. The molecule has 1 aromatic carbocycles. The molecule has 0 fully saturated rings. The van der Waals surface area contributed by atoms with E-state index in [1.54, 1.807) is 0 Å². The summed E-state index contributed by atoms with van der Waals surface area (Å²) in [6.07, 6.45) is 4.58. The normalized spacial score (nSPS) is 12.4. The van der Waals surface area contributed by atoms with Gasteiger partial charge in [-0.15, -0.1) is 0 Å². The van der Waals surface area contributed by atoms with E-state index in [9.17, 15) is 4.39 Å². The van der Waals surface area contributed by atoms with Crippen molar-refractivity contribution in [3.63, 3.8) is 0 Å². The molecule has 0 aliphatic rings. The van der Waals surface area contributed by atoms with Crippen LogP contribution in [0, 0.1) is 11.7 Å². The Labute approximate surface area is 120 Å². The Morgan fingerprint density at radius 1 is 1.30 bits per heavy atom. The molecular weight excluding hydrogens is 258 g/mol. The van der Waals surface area contributed by atoms with Crippen LogP contribution in [0.5, 0.6) is 0 Å². The number of benzene rings is 1. The molecule has 0 aliphatic heterocycles. The minimum atomic E-state index is -1.64. The average Bonchev–Trinajstić information content (AvgIpc) is 2.43. The van der Waals surface area contributed by atoms with E-state index in [2.05, 4.69) is 13.8 Å². The standard InChI is InChI=1S/C15H24BFO3/c1-3-5-6-12(4-2)10-20-11-13-7-8-14(16(18)19)9-15(13)17/h7-9,12,18-19H,3-6,10-11H2,1-2H3. The lowest BCUT2D eigenvalue weighted by Crippen LogP contribution is -2.30. The van der Waals surface area contributed by atoms with Gasteiger partial charge in [0.25, 0.3) is 0 Å². The smallest absolute Gasteiger partial charge is 0.423 e. The van der Waals surface area contributed by atoms with Crippen molar-refractivity contribution in [3.05, 3.63) is 29.6 Å². The molecule has 0 amide bonds. The topological polar surface area (TPSA) is 49.7 Å². The molecule has 1 aromatic rings. The van der Waals surface area contributed by atoms with Crippen molar-refractivity contribution in [2.24, 2.45) is 5.92 Å². The highest BCUT2D eigenvalue weighted by Crippen LogP contribution is 2.14. The molecule has 112 valence electrons. The number of rotatable bonds is 9. The second kappa shape index (κ2) is 9.11. The van der Waals surface area contributed by atoms with Gasteiger partial charge in [-0.3, -0.25) is 0 Å². The highest BCUT2D eigenvalue weighted by molar-refractivity contribution is 6.58. The Bertz CT molecular complexity index is 399. The van der Waals surface area contributed by atoms with Crippen molar-refractivity contribution in [3.8, 4) is 0 Å². The molecule has 0 saturated carbocycles. The maximum Gasteiger partial charge on any atom is 0.488 e. The van der Waals surface area contributed by atoms with Crippen LogP contribution in [-0.2, 0) is 11.3 Å². The van der Waals surface area contributed by atoms with Crippen LogP contribution >= 0.6 is 0 Å². The molecule has 2 N–H and O–H groups in total. The van der Waals surface area contributed by atoms with Crippen LogP contribution in [0.4, 0.5) is 4.39 Å². The lowest BCUT2D eigenvalue weighted by molar-refractivity contribution is 0.0802. The van der Waals surface area contributed by atoms with Crippen molar-refractivity contribution >= 4 is 12.6 Å². The third-order valence-corrected chi connectivity index (χ3v) is 3.53. The van der Waals surface area contributed by atoms with E-state index in [-0.39, 0.29) is 12.1 Å². The maximum absolute atomic E-state index is 13.7. The number of unbranched alkanes of at least 4 members (excludes halogenated alkanes) is 1. The van der Waals surface area contributed by atoms with Gasteiger partial charge in [-0.05, 0) is 23.9 Å². The molecule has 0 aliphatic carbocycles. The first-order chi connectivity index (χ1) is 9.58. The van der Waals surface area contributed by atoms with Crippen LogP contribution in [0.15, 0.2) is 18.2 Å². The van der Waals surface area contributed by atoms with Gasteiger partial charge in [-0.2, -0.15) is 0 Å². The second-order valence-electron chi connectivity index (χ2n) is 5.16. The van der Waals surface area contributed by atoms with Crippen molar-refractivity contribution in [1.82, 2.24) is 0 Å². The van der Waals surface area contributed by atoms with Crippen LogP contribution < -0.4 is 5.46 Å². The fourth-order valence-corrected chi connectivity index (χ4v) is 2.07. The van der Waals surface area contributed by atoms with E-state index in [4.69, 9.17) is 14.8 Å². The summed E-state index contributed by atoms with van der Waals surface area (Å²) in [7, 11) is -1.64. The average molecular weight is 282 g/mol. The fourth-order valence-electron chi connectivity index (χ4n) is 2.07. The summed E-state index contributed by atoms with van der Waals surface area (Å²) in [5.41, 5.74) is 0.598. The third-order valence-electron chi connectivity index (χ3n) is 3.53. The maximum atomic E-state index is 13.7. The summed E-state index contributed by atoms with van der Waals surface area (Å²) in [6, 6.07) is 4.18. The molecule has 0 spiro atoms. The third kappa shape index (κ3) is 5.61. The molecule has 1 atom stereocenters. The molecule has 3 nitrogen and oxygen atoms in total. The Balaban J connectivity index is 2.45. The van der Waals surface area contributed by atoms with Gasteiger partial charge in [0, 0.05) is 12.2 Å². The van der Waals surface area contributed by atoms with Gasteiger partial charge in [0.05, 0.1) is 6.61 Å². The first-order valence-corrected chi connectivity index (χ1v) is 7.30. The lowest BCUT2D eigenvalue weighted by Gasteiger charge is -2.15. The van der Waals surface area contributed by atoms with E-state index in [1.165, 1.54) is 25.0 Å². The zero-order chi connectivity index (χ0) is 15.0. The van der Waals surface area contributed by atoms with E-state index in [0.717, 1.165) is 18.9 Å². The molecule has 1 rings (SSSR count). The minimum absolute atomic E-state index is 0.153. The van der Waals surface area contributed by atoms with Gasteiger partial charge in [0.15, 0.2) is 0 Å². The number of hydrogen-bond acceptors (Lipinski definition) is 3. The van der Waals surface area contributed by atoms with Crippen LogP contribution in [0.3, 0.4) is 0 Å². The van der Waals surface area contributed by atoms with Gasteiger partial charge < -0.3 is 14.8 Å². The van der Waals surface area contributed by atoms with Crippen LogP contribution in [0.2, 0.25) is 0 Å². The van der Waals surface area contributed by atoms with Gasteiger partial charge in [0.1, 0.15) is 5.82 Å². The second-order valence-corrected chi connectivity index (χ2v) is 5.16. The molecule has 0 bridgehead atoms. The SMILES string of the molecule is CCCCC(CC)COCc1ccc(B(O)O)cc1F. The quantitative estimate of drug-likeness (QED) is 0.683. The highest BCUT2D eigenvalue weighted by atomic mass is 19.1. The molecule has 0 heterocycles. The van der Waals surface area contributed by atoms with Gasteiger partial charge in [0.2, 0.25) is 0 Å².